The number of rotatable bonds is 1. The highest BCUT2D eigenvalue weighted by atomic mass is 35.5. The van der Waals surface area contributed by atoms with E-state index in [9.17, 15) is 0 Å². The maximum Gasteiger partial charge on any atom is 0.0571 e. The first kappa shape index (κ1) is 16.5. The Labute approximate surface area is 130 Å². The van der Waals surface area contributed by atoms with Gasteiger partial charge in [0.2, 0.25) is 0 Å². The highest BCUT2D eigenvalue weighted by Crippen LogP contribution is 2.30. The average molecular weight is 310 g/mol. The standard InChI is InChI=1S/C15H15N3.2ClH/c1-10-12-6-4-5-7-13(12)15(8-16-10)14-9-17-18(3)11(14)2;;/h4-9H,1-3H3;2*1H. The molecule has 20 heavy (non-hydrogen) atoms. The Morgan fingerprint density at radius 2 is 1.55 bits per heavy atom. The zero-order chi connectivity index (χ0) is 12.7. The first-order chi connectivity index (χ1) is 8.68. The number of aromatic nitrogens is 3. The molecular weight excluding hydrogens is 293 g/mol. The van der Waals surface area contributed by atoms with Crippen molar-refractivity contribution in [2.75, 3.05) is 0 Å². The quantitative estimate of drug-likeness (QED) is 0.677. The van der Waals surface area contributed by atoms with E-state index in [0.29, 0.717) is 0 Å². The normalized spacial score (nSPS) is 9.95. The SMILES string of the molecule is Cc1ncc(-c2cnn(C)c2C)c2ccccc12.Cl.Cl. The topological polar surface area (TPSA) is 30.7 Å². The van der Waals surface area contributed by atoms with E-state index in [0.717, 1.165) is 22.5 Å². The molecule has 3 nitrogen and oxygen atoms in total. The van der Waals surface area contributed by atoms with Crippen LogP contribution in [0.4, 0.5) is 0 Å². The summed E-state index contributed by atoms with van der Waals surface area (Å²) in [6.45, 7) is 4.12. The third kappa shape index (κ3) is 2.51. The average Bonchev–Trinajstić information content (AvgIpc) is 2.71. The van der Waals surface area contributed by atoms with Crippen LogP contribution in [0.15, 0.2) is 36.7 Å². The van der Waals surface area contributed by atoms with E-state index in [2.05, 4.69) is 41.3 Å². The van der Waals surface area contributed by atoms with Gasteiger partial charge in [0.15, 0.2) is 0 Å². The Hall–Kier alpha value is -1.58. The summed E-state index contributed by atoms with van der Waals surface area (Å²) >= 11 is 0. The van der Waals surface area contributed by atoms with Gasteiger partial charge in [-0.05, 0) is 19.2 Å². The van der Waals surface area contributed by atoms with Crippen molar-refractivity contribution in [1.82, 2.24) is 14.8 Å². The fraction of sp³-hybridized carbons (Fsp3) is 0.200. The largest absolute Gasteiger partial charge is 0.272 e. The highest BCUT2D eigenvalue weighted by Gasteiger charge is 2.11. The molecule has 0 saturated heterocycles. The molecule has 0 fully saturated rings. The summed E-state index contributed by atoms with van der Waals surface area (Å²) in [6, 6.07) is 8.38. The zero-order valence-electron chi connectivity index (χ0n) is 11.6. The van der Waals surface area contributed by atoms with Crippen molar-refractivity contribution in [3.63, 3.8) is 0 Å². The van der Waals surface area contributed by atoms with Crippen LogP contribution in [0.3, 0.4) is 0 Å². The number of benzene rings is 1. The summed E-state index contributed by atoms with van der Waals surface area (Å²) in [5.41, 5.74) is 4.53. The highest BCUT2D eigenvalue weighted by molar-refractivity contribution is 5.97. The van der Waals surface area contributed by atoms with Gasteiger partial charge in [-0.1, -0.05) is 24.3 Å². The van der Waals surface area contributed by atoms with Gasteiger partial charge in [0.25, 0.3) is 0 Å². The molecule has 3 aromatic rings. The summed E-state index contributed by atoms with van der Waals surface area (Å²) in [4.78, 5) is 4.50. The van der Waals surface area contributed by atoms with Crippen molar-refractivity contribution in [3.05, 3.63) is 48.0 Å². The molecule has 106 valence electrons. The van der Waals surface area contributed by atoms with Gasteiger partial charge in [0.1, 0.15) is 0 Å². The van der Waals surface area contributed by atoms with Gasteiger partial charge in [-0.15, -0.1) is 24.8 Å². The second-order valence-corrected chi connectivity index (χ2v) is 4.57. The minimum Gasteiger partial charge on any atom is -0.272 e. The number of hydrogen-bond acceptors (Lipinski definition) is 2. The Balaban J connectivity index is 0.000001000. The summed E-state index contributed by atoms with van der Waals surface area (Å²) in [5.74, 6) is 0. The van der Waals surface area contributed by atoms with Crippen LogP contribution < -0.4 is 0 Å². The van der Waals surface area contributed by atoms with Crippen molar-refractivity contribution < 1.29 is 0 Å². The van der Waals surface area contributed by atoms with Crippen molar-refractivity contribution in [3.8, 4) is 11.1 Å². The second-order valence-electron chi connectivity index (χ2n) is 4.57. The summed E-state index contributed by atoms with van der Waals surface area (Å²) in [6.07, 6.45) is 3.86. The van der Waals surface area contributed by atoms with Gasteiger partial charge < -0.3 is 0 Å². The van der Waals surface area contributed by atoms with Crippen molar-refractivity contribution in [2.45, 2.75) is 13.8 Å². The predicted octanol–water partition coefficient (Wildman–Crippen LogP) is 4.10. The number of halogens is 2. The zero-order valence-corrected chi connectivity index (χ0v) is 13.3. The Bertz CT molecular complexity index is 735. The molecule has 0 aliphatic heterocycles. The van der Waals surface area contributed by atoms with Gasteiger partial charge in [-0.2, -0.15) is 5.10 Å². The van der Waals surface area contributed by atoms with Crippen molar-refractivity contribution >= 4 is 35.6 Å². The number of pyridine rings is 1. The molecule has 0 aliphatic carbocycles. The molecule has 3 rings (SSSR count). The van der Waals surface area contributed by atoms with E-state index in [-0.39, 0.29) is 24.8 Å². The smallest absolute Gasteiger partial charge is 0.0571 e. The molecule has 0 amide bonds. The monoisotopic (exact) mass is 309 g/mol. The third-order valence-corrected chi connectivity index (χ3v) is 3.52. The lowest BCUT2D eigenvalue weighted by Crippen LogP contribution is -1.93. The van der Waals surface area contributed by atoms with Crippen LogP contribution in [0, 0.1) is 13.8 Å². The third-order valence-electron chi connectivity index (χ3n) is 3.52. The number of nitrogens with zero attached hydrogens (tertiary/aromatic N) is 3. The molecule has 0 unspecified atom stereocenters. The molecule has 0 saturated carbocycles. The Morgan fingerprint density at radius 1 is 0.900 bits per heavy atom. The molecule has 0 aliphatic rings. The molecule has 5 heteroatoms. The Morgan fingerprint density at radius 3 is 2.15 bits per heavy atom. The van der Waals surface area contributed by atoms with Crippen LogP contribution in [-0.4, -0.2) is 14.8 Å². The molecule has 0 radical (unpaired) electrons. The molecule has 2 aromatic heterocycles. The molecule has 0 N–H and O–H groups in total. The van der Waals surface area contributed by atoms with Gasteiger partial charge in [0, 0.05) is 41.1 Å². The van der Waals surface area contributed by atoms with Crippen LogP contribution >= 0.6 is 24.8 Å². The van der Waals surface area contributed by atoms with E-state index in [4.69, 9.17) is 0 Å². The van der Waals surface area contributed by atoms with Gasteiger partial charge in [-0.3, -0.25) is 9.67 Å². The molecule has 1 aromatic carbocycles. The van der Waals surface area contributed by atoms with Crippen LogP contribution in [0.2, 0.25) is 0 Å². The van der Waals surface area contributed by atoms with Crippen LogP contribution in [0.1, 0.15) is 11.4 Å². The fourth-order valence-electron chi connectivity index (χ4n) is 2.31. The molecule has 2 heterocycles. The predicted molar refractivity (Wildman–Crippen MR) is 87.9 cm³/mol. The van der Waals surface area contributed by atoms with Crippen molar-refractivity contribution in [1.29, 1.82) is 0 Å². The van der Waals surface area contributed by atoms with Crippen LogP contribution in [-0.2, 0) is 7.05 Å². The minimum atomic E-state index is 0. The lowest BCUT2D eigenvalue weighted by Gasteiger charge is -2.07. The van der Waals surface area contributed by atoms with E-state index in [1.165, 1.54) is 10.8 Å². The maximum atomic E-state index is 4.50. The summed E-state index contributed by atoms with van der Waals surface area (Å²) in [7, 11) is 1.96. The number of fused-ring (bicyclic) bond motifs is 1. The van der Waals surface area contributed by atoms with Crippen molar-refractivity contribution in [2.24, 2.45) is 7.05 Å². The summed E-state index contributed by atoms with van der Waals surface area (Å²) < 4.78 is 1.89. The summed E-state index contributed by atoms with van der Waals surface area (Å²) in [5, 5.41) is 6.75. The molecule has 0 atom stereocenters. The van der Waals surface area contributed by atoms with E-state index < -0.39 is 0 Å². The molecule has 0 bridgehead atoms. The number of hydrogen-bond donors (Lipinski definition) is 0. The van der Waals surface area contributed by atoms with E-state index in [1.807, 2.05) is 31.0 Å². The van der Waals surface area contributed by atoms with E-state index in [1.54, 1.807) is 0 Å². The lowest BCUT2D eigenvalue weighted by molar-refractivity contribution is 0.740. The fourth-order valence-corrected chi connectivity index (χ4v) is 2.31. The Kier molecular flexibility index (Phi) is 5.15. The minimum absolute atomic E-state index is 0. The lowest BCUT2D eigenvalue weighted by atomic mass is 10.0. The maximum absolute atomic E-state index is 4.50. The molecular formula is C15H17Cl2N3. The van der Waals surface area contributed by atoms with Gasteiger partial charge in [-0.25, -0.2) is 0 Å². The first-order valence-electron chi connectivity index (χ1n) is 6.02. The van der Waals surface area contributed by atoms with Crippen LogP contribution in [0.5, 0.6) is 0 Å². The molecule has 0 spiro atoms. The van der Waals surface area contributed by atoms with Crippen LogP contribution in [0.25, 0.3) is 21.9 Å². The van der Waals surface area contributed by atoms with E-state index >= 15 is 0 Å². The first-order valence-corrected chi connectivity index (χ1v) is 6.02. The van der Waals surface area contributed by atoms with Gasteiger partial charge in [0.05, 0.1) is 6.20 Å². The van der Waals surface area contributed by atoms with Gasteiger partial charge >= 0.3 is 0 Å². The number of aryl methyl sites for hydroxylation is 2. The second kappa shape index (κ2) is 6.25.